The highest BCUT2D eigenvalue weighted by Crippen LogP contribution is 2.11. The number of alkyl halides is 1. The van der Waals surface area contributed by atoms with Crippen LogP contribution in [-0.4, -0.2) is 24.8 Å². The molecule has 1 atom stereocenters. The minimum Gasteiger partial charge on any atom is -0.260 e. The summed E-state index contributed by atoms with van der Waals surface area (Å²) >= 11 is 3.41. The lowest BCUT2D eigenvalue weighted by Crippen LogP contribution is -2.26. The van der Waals surface area contributed by atoms with E-state index in [0.717, 1.165) is 24.9 Å². The largest absolute Gasteiger partial charge is 0.260 e. The monoisotopic (exact) mass is 324 g/mol. The molecule has 1 aromatic rings. The average molecular weight is 325 g/mol. The van der Waals surface area contributed by atoms with Gasteiger partial charge in [0.2, 0.25) is 10.0 Å². The van der Waals surface area contributed by atoms with Gasteiger partial charge >= 0.3 is 0 Å². The molecule has 0 fully saturated rings. The maximum absolute atomic E-state index is 12.8. The van der Waals surface area contributed by atoms with Crippen LogP contribution in [0.3, 0.4) is 0 Å². The molecule has 0 spiro atoms. The standard InChI is InChI=1S/C10H14BrFN2O2S/c1-2-8(11)3-4-14-17(15,16)10-5-9(12)6-13-7-10/h5-8,14H,2-4H2,1H3. The zero-order chi connectivity index (χ0) is 12.9. The maximum Gasteiger partial charge on any atom is 0.242 e. The van der Waals surface area contributed by atoms with E-state index in [9.17, 15) is 12.8 Å². The number of sulfonamides is 1. The van der Waals surface area contributed by atoms with Crippen molar-refractivity contribution in [3.05, 3.63) is 24.3 Å². The van der Waals surface area contributed by atoms with Crippen molar-refractivity contribution in [1.29, 1.82) is 0 Å². The fraction of sp³-hybridized carbons (Fsp3) is 0.500. The van der Waals surface area contributed by atoms with Crippen LogP contribution in [0.15, 0.2) is 23.4 Å². The molecule has 0 saturated heterocycles. The molecular formula is C10H14BrFN2O2S. The number of nitrogens with zero attached hydrogens (tertiary/aromatic N) is 1. The van der Waals surface area contributed by atoms with Gasteiger partial charge in [0.1, 0.15) is 10.7 Å². The number of aromatic nitrogens is 1. The minimum atomic E-state index is -3.66. The van der Waals surface area contributed by atoms with E-state index >= 15 is 0 Å². The molecule has 1 unspecified atom stereocenters. The maximum atomic E-state index is 12.8. The minimum absolute atomic E-state index is 0.153. The number of hydrogen-bond donors (Lipinski definition) is 1. The van der Waals surface area contributed by atoms with Crippen LogP contribution in [-0.2, 0) is 10.0 Å². The molecule has 1 aromatic heterocycles. The molecule has 1 heterocycles. The Morgan fingerprint density at radius 2 is 2.24 bits per heavy atom. The number of nitrogens with one attached hydrogen (secondary N) is 1. The van der Waals surface area contributed by atoms with Crippen LogP contribution >= 0.6 is 15.9 Å². The number of hydrogen-bond acceptors (Lipinski definition) is 3. The predicted molar refractivity (Wildman–Crippen MR) is 67.0 cm³/mol. The Hall–Kier alpha value is -0.530. The van der Waals surface area contributed by atoms with E-state index in [0.29, 0.717) is 13.0 Å². The van der Waals surface area contributed by atoms with Crippen LogP contribution in [0.25, 0.3) is 0 Å². The summed E-state index contributed by atoms with van der Waals surface area (Å²) in [6.45, 7) is 2.31. The van der Waals surface area contributed by atoms with Gasteiger partial charge in [-0.05, 0) is 18.9 Å². The molecule has 0 radical (unpaired) electrons. The van der Waals surface area contributed by atoms with Crippen molar-refractivity contribution >= 4 is 26.0 Å². The van der Waals surface area contributed by atoms with Gasteiger partial charge in [0, 0.05) is 17.6 Å². The third kappa shape index (κ3) is 4.69. The summed E-state index contributed by atoms with van der Waals surface area (Å²) in [7, 11) is -3.66. The van der Waals surface area contributed by atoms with Gasteiger partial charge in [-0.2, -0.15) is 0 Å². The number of halogens is 2. The Bertz CT molecular complexity index is 467. The van der Waals surface area contributed by atoms with Crippen molar-refractivity contribution in [2.24, 2.45) is 0 Å². The van der Waals surface area contributed by atoms with Gasteiger partial charge in [-0.15, -0.1) is 0 Å². The topological polar surface area (TPSA) is 59.1 Å². The molecule has 0 aliphatic heterocycles. The molecule has 0 aliphatic rings. The summed E-state index contributed by atoms with van der Waals surface area (Å²) in [5.41, 5.74) is 0. The molecule has 0 aromatic carbocycles. The second-order valence-electron chi connectivity index (χ2n) is 3.53. The molecule has 7 heteroatoms. The van der Waals surface area contributed by atoms with Crippen LogP contribution in [0.5, 0.6) is 0 Å². The predicted octanol–water partition coefficient (Wildman–Crippen LogP) is 2.06. The van der Waals surface area contributed by atoms with Crippen molar-refractivity contribution in [3.63, 3.8) is 0 Å². The first kappa shape index (κ1) is 14.5. The molecule has 0 amide bonds. The molecule has 96 valence electrons. The third-order valence-electron chi connectivity index (χ3n) is 2.18. The van der Waals surface area contributed by atoms with Gasteiger partial charge in [0.25, 0.3) is 0 Å². The Morgan fingerprint density at radius 3 is 2.82 bits per heavy atom. The first-order valence-corrected chi connectivity index (χ1v) is 7.60. The smallest absolute Gasteiger partial charge is 0.242 e. The van der Waals surface area contributed by atoms with Gasteiger partial charge in [-0.3, -0.25) is 4.98 Å². The summed E-state index contributed by atoms with van der Waals surface area (Å²) < 4.78 is 38.7. The van der Waals surface area contributed by atoms with E-state index in [2.05, 4.69) is 25.6 Å². The fourth-order valence-corrected chi connectivity index (χ4v) is 2.43. The Labute approximate surface area is 109 Å². The fourth-order valence-electron chi connectivity index (χ4n) is 1.18. The van der Waals surface area contributed by atoms with Crippen LogP contribution < -0.4 is 4.72 Å². The molecule has 0 bridgehead atoms. The third-order valence-corrected chi connectivity index (χ3v) is 4.72. The van der Waals surface area contributed by atoms with E-state index < -0.39 is 15.8 Å². The lowest BCUT2D eigenvalue weighted by molar-refractivity contribution is 0.572. The molecular weight excluding hydrogens is 311 g/mol. The summed E-state index contributed by atoms with van der Waals surface area (Å²) in [5.74, 6) is -0.667. The lowest BCUT2D eigenvalue weighted by Gasteiger charge is -2.08. The van der Waals surface area contributed by atoms with Crippen LogP contribution in [0, 0.1) is 5.82 Å². The lowest BCUT2D eigenvalue weighted by atomic mass is 10.2. The molecule has 4 nitrogen and oxygen atoms in total. The van der Waals surface area contributed by atoms with E-state index in [1.807, 2.05) is 6.92 Å². The van der Waals surface area contributed by atoms with Crippen molar-refractivity contribution in [1.82, 2.24) is 9.71 Å². The van der Waals surface area contributed by atoms with Gasteiger partial charge in [0.15, 0.2) is 0 Å². The van der Waals surface area contributed by atoms with E-state index in [-0.39, 0.29) is 9.72 Å². The molecule has 17 heavy (non-hydrogen) atoms. The zero-order valence-corrected chi connectivity index (χ0v) is 11.8. The summed E-state index contributed by atoms with van der Waals surface area (Å²) in [5, 5.41) is 0. The average Bonchev–Trinajstić information content (AvgIpc) is 2.28. The van der Waals surface area contributed by atoms with Gasteiger partial charge in [0.05, 0.1) is 6.20 Å². The highest BCUT2D eigenvalue weighted by atomic mass is 79.9. The normalized spacial score (nSPS) is 13.6. The van der Waals surface area contributed by atoms with Gasteiger partial charge in [-0.1, -0.05) is 22.9 Å². The van der Waals surface area contributed by atoms with Crippen molar-refractivity contribution in [2.45, 2.75) is 29.5 Å². The van der Waals surface area contributed by atoms with Crippen LogP contribution in [0.2, 0.25) is 0 Å². The quantitative estimate of drug-likeness (QED) is 0.815. The highest BCUT2D eigenvalue weighted by molar-refractivity contribution is 9.09. The van der Waals surface area contributed by atoms with Crippen LogP contribution in [0.4, 0.5) is 4.39 Å². The first-order chi connectivity index (χ1) is 7.95. The Kier molecular flexibility index (Phi) is 5.48. The summed E-state index contributed by atoms with van der Waals surface area (Å²) in [4.78, 5) is 3.63. The summed E-state index contributed by atoms with van der Waals surface area (Å²) in [6, 6.07) is 0.945. The van der Waals surface area contributed by atoms with Crippen molar-refractivity contribution in [2.75, 3.05) is 6.54 Å². The van der Waals surface area contributed by atoms with Crippen molar-refractivity contribution < 1.29 is 12.8 Å². The second kappa shape index (κ2) is 6.42. The van der Waals surface area contributed by atoms with E-state index in [1.54, 1.807) is 0 Å². The first-order valence-electron chi connectivity index (χ1n) is 5.20. The number of pyridine rings is 1. The number of rotatable bonds is 6. The zero-order valence-electron chi connectivity index (χ0n) is 9.36. The van der Waals surface area contributed by atoms with E-state index in [1.165, 1.54) is 0 Å². The highest BCUT2D eigenvalue weighted by Gasteiger charge is 2.15. The van der Waals surface area contributed by atoms with Crippen molar-refractivity contribution in [3.8, 4) is 0 Å². The second-order valence-corrected chi connectivity index (χ2v) is 6.59. The Morgan fingerprint density at radius 1 is 1.53 bits per heavy atom. The molecule has 0 aliphatic carbocycles. The van der Waals surface area contributed by atoms with Crippen LogP contribution in [0.1, 0.15) is 19.8 Å². The molecule has 1 N–H and O–H groups in total. The summed E-state index contributed by atoms with van der Waals surface area (Å²) in [6.07, 6.45) is 3.68. The van der Waals surface area contributed by atoms with E-state index in [4.69, 9.17) is 0 Å². The Balaban J connectivity index is 2.63. The molecule has 1 rings (SSSR count). The van der Waals surface area contributed by atoms with Gasteiger partial charge in [-0.25, -0.2) is 17.5 Å². The SMILES string of the molecule is CCC(Br)CCNS(=O)(=O)c1cncc(F)c1. The van der Waals surface area contributed by atoms with Gasteiger partial charge < -0.3 is 0 Å². The molecule has 0 saturated carbocycles.